The van der Waals surface area contributed by atoms with Crippen molar-refractivity contribution in [3.8, 4) is 0 Å². The first-order valence-electron chi connectivity index (χ1n) is 5.46. The molecule has 0 bridgehead atoms. The molecule has 0 saturated carbocycles. The van der Waals surface area contributed by atoms with Crippen LogP contribution in [0.3, 0.4) is 0 Å². The third kappa shape index (κ3) is 3.23. The van der Waals surface area contributed by atoms with Gasteiger partial charge in [-0.1, -0.05) is 12.2 Å². The van der Waals surface area contributed by atoms with E-state index in [0.717, 1.165) is 18.2 Å². The summed E-state index contributed by atoms with van der Waals surface area (Å²) < 4.78 is 26.6. The van der Waals surface area contributed by atoms with Crippen LogP contribution in [0.2, 0.25) is 0 Å². The summed E-state index contributed by atoms with van der Waals surface area (Å²) in [5.74, 6) is -0.750. The van der Waals surface area contributed by atoms with Gasteiger partial charge in [0.1, 0.15) is 22.4 Å². The Balaban J connectivity index is 2.38. The molecule has 2 aromatic rings. The van der Waals surface area contributed by atoms with E-state index in [1.165, 1.54) is 0 Å². The molecule has 2 rings (SSSR count). The summed E-state index contributed by atoms with van der Waals surface area (Å²) >= 11 is 4.88. The zero-order valence-corrected chi connectivity index (χ0v) is 10.9. The van der Waals surface area contributed by atoms with Crippen LogP contribution in [0.15, 0.2) is 30.3 Å². The number of anilines is 2. The number of aromatic nitrogens is 1. The van der Waals surface area contributed by atoms with Crippen LogP contribution in [0.4, 0.5) is 20.3 Å². The number of hydrogen-bond acceptors (Lipinski definition) is 3. The van der Waals surface area contributed by atoms with Gasteiger partial charge in [-0.3, -0.25) is 0 Å². The molecule has 0 fully saturated rings. The molecule has 0 atom stereocenters. The van der Waals surface area contributed by atoms with E-state index >= 15 is 0 Å². The van der Waals surface area contributed by atoms with Crippen molar-refractivity contribution in [2.75, 3.05) is 5.32 Å². The number of nitrogens with two attached hydrogens (primary N) is 1. The number of nitrogens with zero attached hydrogens (tertiary/aromatic N) is 1. The smallest absolute Gasteiger partial charge is 0.146 e. The average Bonchev–Trinajstić information content (AvgIpc) is 2.33. The van der Waals surface area contributed by atoms with Crippen molar-refractivity contribution in [3.63, 3.8) is 0 Å². The first kappa shape index (κ1) is 13.4. The quantitative estimate of drug-likeness (QED) is 0.848. The number of thiocarbonyl (C=S) groups is 1. The standard InChI is InChI=1S/C13H11F2N3S/c1-7-4-8(13(16)19)5-12(17-7)18-11-6-9(14)2-3-10(11)15/h2-6H,1H3,(H2,16,19)(H,17,18). The van der Waals surface area contributed by atoms with Crippen molar-refractivity contribution >= 4 is 28.7 Å². The topological polar surface area (TPSA) is 50.9 Å². The van der Waals surface area contributed by atoms with Gasteiger partial charge in [0, 0.05) is 17.3 Å². The number of rotatable bonds is 3. The number of pyridine rings is 1. The molecule has 1 aromatic carbocycles. The molecule has 0 aliphatic carbocycles. The van der Waals surface area contributed by atoms with E-state index in [9.17, 15) is 8.78 Å². The van der Waals surface area contributed by atoms with Crippen molar-refractivity contribution in [2.45, 2.75) is 6.92 Å². The van der Waals surface area contributed by atoms with Gasteiger partial charge in [-0.25, -0.2) is 13.8 Å². The van der Waals surface area contributed by atoms with Crippen LogP contribution in [0, 0.1) is 18.6 Å². The van der Waals surface area contributed by atoms with E-state index in [1.807, 2.05) is 0 Å². The summed E-state index contributed by atoms with van der Waals surface area (Å²) in [4.78, 5) is 4.38. The lowest BCUT2D eigenvalue weighted by atomic mass is 10.2. The van der Waals surface area contributed by atoms with Crippen LogP contribution in [0.25, 0.3) is 0 Å². The second-order valence-electron chi connectivity index (χ2n) is 4.00. The molecule has 1 heterocycles. The molecule has 0 saturated heterocycles. The summed E-state index contributed by atoms with van der Waals surface area (Å²) in [6, 6.07) is 6.45. The fourth-order valence-corrected chi connectivity index (χ4v) is 1.72. The third-order valence-electron chi connectivity index (χ3n) is 2.43. The molecule has 0 spiro atoms. The van der Waals surface area contributed by atoms with Crippen molar-refractivity contribution in [1.29, 1.82) is 0 Å². The monoisotopic (exact) mass is 279 g/mol. The molecule has 0 unspecified atom stereocenters. The number of benzene rings is 1. The van der Waals surface area contributed by atoms with Gasteiger partial charge in [0.05, 0.1) is 5.69 Å². The molecule has 6 heteroatoms. The lowest BCUT2D eigenvalue weighted by molar-refractivity contribution is 0.603. The summed E-state index contributed by atoms with van der Waals surface area (Å²) in [5.41, 5.74) is 6.83. The Kier molecular flexibility index (Phi) is 3.71. The van der Waals surface area contributed by atoms with Gasteiger partial charge in [-0.05, 0) is 31.2 Å². The van der Waals surface area contributed by atoms with E-state index in [2.05, 4.69) is 10.3 Å². The predicted molar refractivity (Wildman–Crippen MR) is 74.5 cm³/mol. The van der Waals surface area contributed by atoms with Crippen LogP contribution in [-0.4, -0.2) is 9.97 Å². The summed E-state index contributed by atoms with van der Waals surface area (Å²) in [7, 11) is 0. The highest BCUT2D eigenvalue weighted by Gasteiger charge is 2.07. The molecule has 3 nitrogen and oxygen atoms in total. The van der Waals surface area contributed by atoms with Crippen LogP contribution >= 0.6 is 12.2 Å². The van der Waals surface area contributed by atoms with Gasteiger partial charge in [0.2, 0.25) is 0 Å². The van der Waals surface area contributed by atoms with Gasteiger partial charge in [0.15, 0.2) is 0 Å². The molecular formula is C13H11F2N3S. The zero-order chi connectivity index (χ0) is 14.0. The molecule has 0 aliphatic rings. The van der Waals surface area contributed by atoms with Crippen molar-refractivity contribution < 1.29 is 8.78 Å². The summed E-state index contributed by atoms with van der Waals surface area (Å²) in [5, 5.41) is 2.71. The Morgan fingerprint density at radius 2 is 2.00 bits per heavy atom. The number of nitrogens with one attached hydrogen (secondary N) is 1. The average molecular weight is 279 g/mol. The van der Waals surface area contributed by atoms with Gasteiger partial charge in [-0.15, -0.1) is 0 Å². The molecule has 0 radical (unpaired) electrons. The van der Waals surface area contributed by atoms with E-state index in [4.69, 9.17) is 18.0 Å². The highest BCUT2D eigenvalue weighted by Crippen LogP contribution is 2.21. The van der Waals surface area contributed by atoms with Gasteiger partial charge in [0.25, 0.3) is 0 Å². The highest BCUT2D eigenvalue weighted by molar-refractivity contribution is 7.80. The van der Waals surface area contributed by atoms with Crippen LogP contribution in [0.5, 0.6) is 0 Å². The fourth-order valence-electron chi connectivity index (χ4n) is 1.61. The number of hydrogen-bond donors (Lipinski definition) is 2. The molecule has 0 aliphatic heterocycles. The summed E-state index contributed by atoms with van der Waals surface area (Å²) in [6.45, 7) is 1.76. The first-order valence-corrected chi connectivity index (χ1v) is 5.87. The van der Waals surface area contributed by atoms with Gasteiger partial charge in [-0.2, -0.15) is 0 Å². The van der Waals surface area contributed by atoms with E-state index in [0.29, 0.717) is 17.1 Å². The van der Waals surface area contributed by atoms with Crippen LogP contribution in [-0.2, 0) is 0 Å². The fraction of sp³-hybridized carbons (Fsp3) is 0.0769. The zero-order valence-electron chi connectivity index (χ0n) is 10.1. The second-order valence-corrected chi connectivity index (χ2v) is 4.44. The van der Waals surface area contributed by atoms with Crippen molar-refractivity contribution in [3.05, 3.63) is 53.2 Å². The minimum absolute atomic E-state index is 0.00647. The molecule has 1 aromatic heterocycles. The molecular weight excluding hydrogens is 268 g/mol. The maximum Gasteiger partial charge on any atom is 0.146 e. The normalized spacial score (nSPS) is 10.3. The lowest BCUT2D eigenvalue weighted by Crippen LogP contribution is -2.11. The summed E-state index contributed by atoms with van der Waals surface area (Å²) in [6.07, 6.45) is 0. The Morgan fingerprint density at radius 1 is 1.26 bits per heavy atom. The van der Waals surface area contributed by atoms with Crippen molar-refractivity contribution in [1.82, 2.24) is 4.98 Å². The van der Waals surface area contributed by atoms with E-state index < -0.39 is 11.6 Å². The SMILES string of the molecule is Cc1cc(C(N)=S)cc(Nc2cc(F)ccc2F)n1. The number of aryl methyl sites for hydroxylation is 1. The van der Waals surface area contributed by atoms with Crippen LogP contribution < -0.4 is 11.1 Å². The molecule has 0 amide bonds. The Hall–Kier alpha value is -2.08. The minimum Gasteiger partial charge on any atom is -0.389 e. The minimum atomic E-state index is -0.568. The second kappa shape index (κ2) is 5.27. The number of halogens is 2. The maximum absolute atomic E-state index is 13.5. The predicted octanol–water partition coefficient (Wildman–Crippen LogP) is 3.05. The van der Waals surface area contributed by atoms with Crippen molar-refractivity contribution in [2.24, 2.45) is 5.73 Å². The lowest BCUT2D eigenvalue weighted by Gasteiger charge is -2.09. The van der Waals surface area contributed by atoms with Gasteiger partial charge >= 0.3 is 0 Å². The Labute approximate surface area is 114 Å². The van der Waals surface area contributed by atoms with Crippen LogP contribution in [0.1, 0.15) is 11.3 Å². The van der Waals surface area contributed by atoms with E-state index in [1.54, 1.807) is 19.1 Å². The molecule has 3 N–H and O–H groups in total. The van der Waals surface area contributed by atoms with Gasteiger partial charge < -0.3 is 11.1 Å². The van der Waals surface area contributed by atoms with E-state index in [-0.39, 0.29) is 10.7 Å². The maximum atomic E-state index is 13.5. The highest BCUT2D eigenvalue weighted by atomic mass is 32.1. The first-order chi connectivity index (χ1) is 8.95. The largest absolute Gasteiger partial charge is 0.389 e. The molecule has 98 valence electrons. The molecule has 19 heavy (non-hydrogen) atoms. The Bertz CT molecular complexity index is 644. The third-order valence-corrected chi connectivity index (χ3v) is 2.66. The Morgan fingerprint density at radius 3 is 2.68 bits per heavy atom.